The monoisotopic (exact) mass is 415 g/mol. The van der Waals surface area contributed by atoms with Crippen LogP contribution in [0.4, 0.5) is 24.8 Å². The van der Waals surface area contributed by atoms with Crippen LogP contribution in [0.5, 0.6) is 0 Å². The zero-order chi connectivity index (χ0) is 20.1. The molecule has 0 aliphatic carbocycles. The third kappa shape index (κ3) is 3.30. The summed E-state index contributed by atoms with van der Waals surface area (Å²) >= 11 is 5.85. The topological polar surface area (TPSA) is 94.1 Å². The summed E-state index contributed by atoms with van der Waals surface area (Å²) in [6, 6.07) is 3.56. The molecule has 7 nitrogen and oxygen atoms in total. The number of pyridine rings is 1. The van der Waals surface area contributed by atoms with E-state index in [1.54, 1.807) is 12.3 Å². The molecule has 2 atom stereocenters. The van der Waals surface area contributed by atoms with Gasteiger partial charge in [0, 0.05) is 36.5 Å². The van der Waals surface area contributed by atoms with E-state index in [1.165, 1.54) is 0 Å². The van der Waals surface area contributed by atoms with E-state index in [0.29, 0.717) is 36.6 Å². The Morgan fingerprint density at radius 3 is 2.57 bits per heavy atom. The Balaban J connectivity index is 1.53. The van der Waals surface area contributed by atoms with Crippen molar-refractivity contribution < 1.29 is 23.1 Å². The van der Waals surface area contributed by atoms with Gasteiger partial charge in [0.15, 0.2) is 11.7 Å². The Morgan fingerprint density at radius 1 is 1.25 bits per heavy atom. The zero-order valence-corrected chi connectivity index (χ0v) is 15.3. The number of fused-ring (bicyclic) bond motifs is 1. The first-order valence-corrected chi connectivity index (χ1v) is 9.14. The van der Waals surface area contributed by atoms with Gasteiger partial charge in [0.2, 0.25) is 5.91 Å². The van der Waals surface area contributed by atoms with Crippen LogP contribution in [0.15, 0.2) is 18.3 Å². The lowest BCUT2D eigenvalue weighted by Crippen LogP contribution is -2.43. The number of aliphatic hydroxyl groups is 1. The average molecular weight is 416 g/mol. The smallest absolute Gasteiger partial charge is 0.387 e. The fourth-order valence-corrected chi connectivity index (χ4v) is 3.97. The third-order valence-electron chi connectivity index (χ3n) is 5.26. The fourth-order valence-electron chi connectivity index (χ4n) is 3.85. The number of nitrogens with one attached hydrogen (secondary N) is 2. The Morgan fingerprint density at radius 2 is 1.96 bits per heavy atom. The summed E-state index contributed by atoms with van der Waals surface area (Å²) in [5.41, 5.74) is 0.477. The van der Waals surface area contributed by atoms with Crippen LogP contribution in [-0.2, 0) is 4.79 Å². The lowest BCUT2D eigenvalue weighted by Gasteiger charge is -2.34. The Bertz CT molecular complexity index is 878. The van der Waals surface area contributed by atoms with E-state index in [0.717, 1.165) is 5.82 Å². The predicted octanol–water partition coefficient (Wildman–Crippen LogP) is 3.01. The summed E-state index contributed by atoms with van der Waals surface area (Å²) in [5, 5.41) is 19.6. The van der Waals surface area contributed by atoms with Crippen molar-refractivity contribution in [3.63, 3.8) is 0 Å². The average Bonchev–Trinajstić information content (AvgIpc) is 3.05. The quantitative estimate of drug-likeness (QED) is 0.701. The standard InChI is InChI=1S/C17H17ClF3N5O2/c18-9-1-2-10(22-7-9)26-5-3-8(4-6-26)13-11-14(27)12(17(19,20)21)16(28)23-15(11)25-24-13/h1-2,7-8,12,14,27H,3-6H2,(H2,23,24,25,28). The van der Waals surface area contributed by atoms with Gasteiger partial charge in [0.25, 0.3) is 0 Å². The van der Waals surface area contributed by atoms with Crippen LogP contribution in [0.1, 0.15) is 36.1 Å². The van der Waals surface area contributed by atoms with E-state index in [2.05, 4.69) is 25.4 Å². The summed E-state index contributed by atoms with van der Waals surface area (Å²) < 4.78 is 39.6. The van der Waals surface area contributed by atoms with Gasteiger partial charge in [-0.2, -0.15) is 18.3 Å². The van der Waals surface area contributed by atoms with Crippen LogP contribution in [-0.4, -0.2) is 45.5 Å². The number of hydrogen-bond acceptors (Lipinski definition) is 5. The number of anilines is 2. The van der Waals surface area contributed by atoms with Gasteiger partial charge in [-0.05, 0) is 25.0 Å². The number of rotatable bonds is 2. The molecule has 1 amide bonds. The third-order valence-corrected chi connectivity index (χ3v) is 5.48. The number of aromatic nitrogens is 3. The molecule has 0 saturated carbocycles. The van der Waals surface area contributed by atoms with E-state index in [-0.39, 0.29) is 17.3 Å². The highest BCUT2D eigenvalue weighted by molar-refractivity contribution is 6.30. The molecule has 2 unspecified atom stereocenters. The van der Waals surface area contributed by atoms with Crippen molar-refractivity contribution in [1.29, 1.82) is 0 Å². The Kier molecular flexibility index (Phi) is 4.70. The molecule has 150 valence electrons. The van der Waals surface area contributed by atoms with Gasteiger partial charge in [-0.15, -0.1) is 0 Å². The van der Waals surface area contributed by atoms with Crippen molar-refractivity contribution in [1.82, 2.24) is 15.2 Å². The SMILES string of the molecule is O=C1Nc2n[nH]c(C3CCN(c4ccc(Cl)cn4)CC3)c2C(O)C1C(F)(F)F. The molecule has 3 N–H and O–H groups in total. The Labute approximate surface area is 162 Å². The molecule has 28 heavy (non-hydrogen) atoms. The summed E-state index contributed by atoms with van der Waals surface area (Å²) in [4.78, 5) is 18.1. The highest BCUT2D eigenvalue weighted by Crippen LogP contribution is 2.45. The number of halogens is 4. The second kappa shape index (κ2) is 6.93. The number of nitrogens with zero attached hydrogens (tertiary/aromatic N) is 3. The number of carbonyl (C=O) groups excluding carboxylic acids is 1. The van der Waals surface area contributed by atoms with Crippen LogP contribution in [0.25, 0.3) is 0 Å². The maximum Gasteiger partial charge on any atom is 0.403 e. The van der Waals surface area contributed by atoms with E-state index >= 15 is 0 Å². The van der Waals surface area contributed by atoms with Crippen molar-refractivity contribution in [3.8, 4) is 0 Å². The molecule has 1 fully saturated rings. The van der Waals surface area contributed by atoms with Gasteiger partial charge >= 0.3 is 6.18 Å². The number of carbonyl (C=O) groups is 1. The Hall–Kier alpha value is -2.33. The maximum atomic E-state index is 13.2. The molecule has 0 spiro atoms. The van der Waals surface area contributed by atoms with Crippen molar-refractivity contribution in [3.05, 3.63) is 34.6 Å². The molecule has 2 aromatic heterocycles. The molecule has 1 saturated heterocycles. The number of amides is 1. The molecule has 0 aromatic carbocycles. The van der Waals surface area contributed by atoms with Gasteiger partial charge in [-0.1, -0.05) is 11.6 Å². The van der Waals surface area contributed by atoms with Crippen molar-refractivity contribution in [2.75, 3.05) is 23.3 Å². The highest BCUT2D eigenvalue weighted by atomic mass is 35.5. The van der Waals surface area contributed by atoms with Crippen molar-refractivity contribution in [2.24, 2.45) is 5.92 Å². The van der Waals surface area contributed by atoms with E-state index in [4.69, 9.17) is 11.6 Å². The van der Waals surface area contributed by atoms with E-state index < -0.39 is 24.1 Å². The van der Waals surface area contributed by atoms with Gasteiger partial charge in [0.05, 0.1) is 5.02 Å². The number of H-pyrrole nitrogens is 1. The van der Waals surface area contributed by atoms with Gasteiger partial charge in [0.1, 0.15) is 11.9 Å². The first-order chi connectivity index (χ1) is 13.3. The molecule has 0 bridgehead atoms. The molecule has 2 aliphatic rings. The minimum absolute atomic E-state index is 0.0324. The summed E-state index contributed by atoms with van der Waals surface area (Å²) in [7, 11) is 0. The van der Waals surface area contributed by atoms with Crippen LogP contribution < -0.4 is 10.2 Å². The normalized spacial score (nSPS) is 23.5. The van der Waals surface area contributed by atoms with Crippen LogP contribution in [0, 0.1) is 5.92 Å². The fraction of sp³-hybridized carbons (Fsp3) is 0.471. The van der Waals surface area contributed by atoms with Crippen LogP contribution in [0.3, 0.4) is 0 Å². The van der Waals surface area contributed by atoms with Crippen LogP contribution >= 0.6 is 11.6 Å². The van der Waals surface area contributed by atoms with Gasteiger partial charge in [-0.3, -0.25) is 9.89 Å². The largest absolute Gasteiger partial charge is 0.403 e. The summed E-state index contributed by atoms with van der Waals surface area (Å²) in [6.07, 6.45) is -4.00. The molecule has 11 heteroatoms. The molecular weight excluding hydrogens is 399 g/mol. The lowest BCUT2D eigenvalue weighted by molar-refractivity contribution is -0.201. The molecule has 2 aromatic rings. The second-order valence-electron chi connectivity index (χ2n) is 6.95. The first kappa shape index (κ1) is 19.0. The molecule has 0 radical (unpaired) electrons. The molecule has 2 aliphatic heterocycles. The van der Waals surface area contributed by atoms with E-state index in [9.17, 15) is 23.1 Å². The predicted molar refractivity (Wildman–Crippen MR) is 95.2 cm³/mol. The highest BCUT2D eigenvalue weighted by Gasteiger charge is 2.54. The molecule has 4 rings (SSSR count). The number of hydrogen-bond donors (Lipinski definition) is 3. The minimum atomic E-state index is -4.85. The number of piperidine rings is 1. The number of alkyl halides is 3. The van der Waals surface area contributed by atoms with Gasteiger partial charge in [-0.25, -0.2) is 4.98 Å². The molecular formula is C17H17ClF3N5O2. The van der Waals surface area contributed by atoms with Gasteiger partial charge < -0.3 is 15.3 Å². The molecule has 4 heterocycles. The van der Waals surface area contributed by atoms with E-state index in [1.807, 2.05) is 6.07 Å². The summed E-state index contributed by atoms with van der Waals surface area (Å²) in [5.74, 6) is -3.17. The van der Waals surface area contributed by atoms with Crippen molar-refractivity contribution in [2.45, 2.75) is 31.0 Å². The van der Waals surface area contributed by atoms with Crippen molar-refractivity contribution >= 4 is 29.1 Å². The van der Waals surface area contributed by atoms with Crippen LogP contribution in [0.2, 0.25) is 5.02 Å². The first-order valence-electron chi connectivity index (χ1n) is 8.76. The second-order valence-corrected chi connectivity index (χ2v) is 7.39. The number of aromatic amines is 1. The lowest BCUT2D eigenvalue weighted by atomic mass is 9.84. The minimum Gasteiger partial charge on any atom is -0.387 e. The zero-order valence-electron chi connectivity index (χ0n) is 14.5. The number of aliphatic hydroxyl groups excluding tert-OH is 1. The summed E-state index contributed by atoms with van der Waals surface area (Å²) in [6.45, 7) is 1.27. The maximum absolute atomic E-state index is 13.2.